The lowest BCUT2D eigenvalue weighted by Gasteiger charge is -2.15. The van der Waals surface area contributed by atoms with Crippen LogP contribution in [0.15, 0.2) is 42.9 Å². The molecule has 2 aromatic rings. The molecule has 21 heavy (non-hydrogen) atoms. The van der Waals surface area contributed by atoms with E-state index in [0.717, 1.165) is 5.56 Å². The summed E-state index contributed by atoms with van der Waals surface area (Å²) in [4.78, 5) is 29.5. The fourth-order valence-corrected chi connectivity index (χ4v) is 1.93. The third-order valence-corrected chi connectivity index (χ3v) is 3.00. The number of hydrogen-bond acceptors (Lipinski definition) is 4. The van der Waals surface area contributed by atoms with Crippen molar-refractivity contribution in [3.05, 3.63) is 54.1 Å². The minimum absolute atomic E-state index is 0.195. The highest BCUT2D eigenvalue weighted by Crippen LogP contribution is 2.04. The van der Waals surface area contributed by atoms with E-state index in [9.17, 15) is 14.7 Å². The molecule has 0 aliphatic carbocycles. The molecule has 0 saturated heterocycles. The molecule has 1 amide bonds. The van der Waals surface area contributed by atoms with Crippen molar-refractivity contribution in [2.24, 2.45) is 0 Å². The van der Waals surface area contributed by atoms with Gasteiger partial charge in [-0.3, -0.25) is 9.59 Å². The third kappa shape index (κ3) is 4.54. The number of benzene rings is 1. The van der Waals surface area contributed by atoms with Crippen LogP contribution in [0.25, 0.3) is 0 Å². The van der Waals surface area contributed by atoms with Crippen LogP contribution in [-0.4, -0.2) is 39.4 Å². The molecule has 1 radical (unpaired) electrons. The summed E-state index contributed by atoms with van der Waals surface area (Å²) in [5.41, 5.74) is 1.49. The van der Waals surface area contributed by atoms with Crippen molar-refractivity contribution in [3.63, 3.8) is 0 Å². The number of hydrogen-bond donors (Lipinski definition) is 3. The smallest absolute Gasteiger partial charge is 0.249 e. The lowest BCUT2D eigenvalue weighted by atomic mass is 10.1. The van der Waals surface area contributed by atoms with Gasteiger partial charge in [-0.05, 0) is 5.56 Å². The SMILES string of the molecule is O=[C]C(Cc1c[nH]cn1)NC(=O)C(O)Cc1ccccc1. The molecule has 2 atom stereocenters. The molecule has 1 aromatic heterocycles. The number of rotatable bonds is 7. The van der Waals surface area contributed by atoms with E-state index >= 15 is 0 Å². The number of aromatic nitrogens is 2. The van der Waals surface area contributed by atoms with Gasteiger partial charge in [-0.15, -0.1) is 0 Å². The summed E-state index contributed by atoms with van der Waals surface area (Å²) in [6.07, 6.45) is 4.09. The molecule has 1 heterocycles. The molecule has 0 spiro atoms. The average molecular weight is 286 g/mol. The van der Waals surface area contributed by atoms with Gasteiger partial charge in [0.2, 0.25) is 12.2 Å². The first-order valence-corrected chi connectivity index (χ1v) is 6.56. The van der Waals surface area contributed by atoms with E-state index in [0.29, 0.717) is 5.69 Å². The molecular formula is C15H16N3O3. The van der Waals surface area contributed by atoms with Crippen LogP contribution in [0.1, 0.15) is 11.3 Å². The molecule has 0 fully saturated rings. The molecule has 3 N–H and O–H groups in total. The first kappa shape index (κ1) is 14.9. The second kappa shape index (κ2) is 7.35. The van der Waals surface area contributed by atoms with Crippen molar-refractivity contribution in [3.8, 4) is 0 Å². The van der Waals surface area contributed by atoms with E-state index in [1.807, 2.05) is 30.3 Å². The maximum Gasteiger partial charge on any atom is 0.249 e. The zero-order valence-corrected chi connectivity index (χ0v) is 11.3. The monoisotopic (exact) mass is 286 g/mol. The van der Waals surface area contributed by atoms with Crippen LogP contribution in [0.3, 0.4) is 0 Å². The van der Waals surface area contributed by atoms with Gasteiger partial charge < -0.3 is 15.4 Å². The van der Waals surface area contributed by atoms with Crippen molar-refractivity contribution in [2.75, 3.05) is 0 Å². The molecule has 1 aromatic carbocycles. The number of imidazole rings is 1. The van der Waals surface area contributed by atoms with Crippen molar-refractivity contribution in [1.29, 1.82) is 0 Å². The van der Waals surface area contributed by atoms with Crippen molar-refractivity contribution in [1.82, 2.24) is 15.3 Å². The van der Waals surface area contributed by atoms with E-state index in [2.05, 4.69) is 15.3 Å². The number of carbonyl (C=O) groups excluding carboxylic acids is 2. The summed E-state index contributed by atoms with van der Waals surface area (Å²) in [5, 5.41) is 12.3. The van der Waals surface area contributed by atoms with Gasteiger partial charge in [0, 0.05) is 19.0 Å². The molecular weight excluding hydrogens is 270 g/mol. The van der Waals surface area contributed by atoms with Crippen molar-refractivity contribution >= 4 is 12.2 Å². The summed E-state index contributed by atoms with van der Waals surface area (Å²) in [6.45, 7) is 0. The fraction of sp³-hybridized carbons (Fsp3) is 0.267. The van der Waals surface area contributed by atoms with Gasteiger partial charge in [0.15, 0.2) is 0 Å². The molecule has 6 nitrogen and oxygen atoms in total. The van der Waals surface area contributed by atoms with Crippen molar-refractivity contribution in [2.45, 2.75) is 25.0 Å². The molecule has 0 saturated carbocycles. The van der Waals surface area contributed by atoms with Crippen LogP contribution in [-0.2, 0) is 22.4 Å². The Kier molecular flexibility index (Phi) is 5.22. The minimum atomic E-state index is -1.21. The van der Waals surface area contributed by atoms with E-state index in [1.165, 1.54) is 6.33 Å². The van der Waals surface area contributed by atoms with Gasteiger partial charge in [0.25, 0.3) is 0 Å². The van der Waals surface area contributed by atoms with E-state index < -0.39 is 18.1 Å². The second-order valence-corrected chi connectivity index (χ2v) is 4.65. The topological polar surface area (TPSA) is 95.1 Å². The van der Waals surface area contributed by atoms with Crippen LogP contribution in [0.5, 0.6) is 0 Å². The van der Waals surface area contributed by atoms with Crippen molar-refractivity contribution < 1.29 is 14.7 Å². The molecule has 0 aliphatic heterocycles. The van der Waals surface area contributed by atoms with E-state index in [1.54, 1.807) is 12.5 Å². The zero-order chi connectivity index (χ0) is 15.1. The maximum absolute atomic E-state index is 11.9. The predicted molar refractivity (Wildman–Crippen MR) is 76.1 cm³/mol. The number of carbonyl (C=O) groups is 1. The standard InChI is InChI=1S/C15H16N3O3/c19-9-13(7-12-8-16-10-17-12)18-15(21)14(20)6-11-4-2-1-3-5-11/h1-5,8,10,13-14,20H,6-7H2,(H,16,17)(H,18,21). The average Bonchev–Trinajstić information content (AvgIpc) is 3.00. The summed E-state index contributed by atoms with van der Waals surface area (Å²) in [7, 11) is 0. The third-order valence-electron chi connectivity index (χ3n) is 3.00. The molecule has 6 heteroatoms. The Balaban J connectivity index is 1.88. The van der Waals surface area contributed by atoms with Gasteiger partial charge in [-0.25, -0.2) is 4.98 Å². The fourth-order valence-electron chi connectivity index (χ4n) is 1.93. The summed E-state index contributed by atoms with van der Waals surface area (Å²) in [5.74, 6) is -0.595. The minimum Gasteiger partial charge on any atom is -0.383 e. The first-order valence-electron chi connectivity index (χ1n) is 6.56. The van der Waals surface area contributed by atoms with Crippen LogP contribution in [0.2, 0.25) is 0 Å². The number of amides is 1. The van der Waals surface area contributed by atoms with Gasteiger partial charge in [-0.2, -0.15) is 0 Å². The number of H-pyrrole nitrogens is 1. The first-order chi connectivity index (χ1) is 10.2. The Labute approximate surface area is 122 Å². The van der Waals surface area contributed by atoms with Gasteiger partial charge >= 0.3 is 0 Å². The van der Waals surface area contributed by atoms with Gasteiger partial charge in [-0.1, -0.05) is 30.3 Å². The lowest BCUT2D eigenvalue weighted by Crippen LogP contribution is -2.44. The predicted octanol–water partition coefficient (Wildman–Crippen LogP) is 0.150. The Hall–Kier alpha value is -2.47. The highest BCUT2D eigenvalue weighted by Gasteiger charge is 2.20. The second-order valence-electron chi connectivity index (χ2n) is 4.65. The number of aliphatic hydroxyl groups excluding tert-OH is 1. The van der Waals surface area contributed by atoms with Gasteiger partial charge in [0.05, 0.1) is 12.0 Å². The molecule has 0 bridgehead atoms. The summed E-state index contributed by atoms with van der Waals surface area (Å²) >= 11 is 0. The van der Waals surface area contributed by atoms with Crippen LogP contribution in [0.4, 0.5) is 0 Å². The Morgan fingerprint density at radius 3 is 2.71 bits per heavy atom. The number of nitrogens with zero attached hydrogens (tertiary/aromatic N) is 1. The van der Waals surface area contributed by atoms with E-state index in [4.69, 9.17) is 0 Å². The van der Waals surface area contributed by atoms with Crippen LogP contribution >= 0.6 is 0 Å². The Bertz CT molecular complexity index is 569. The Morgan fingerprint density at radius 1 is 1.33 bits per heavy atom. The largest absolute Gasteiger partial charge is 0.383 e. The zero-order valence-electron chi connectivity index (χ0n) is 11.3. The maximum atomic E-state index is 11.9. The highest BCUT2D eigenvalue weighted by molar-refractivity contribution is 5.83. The highest BCUT2D eigenvalue weighted by atomic mass is 16.3. The molecule has 2 rings (SSSR count). The lowest BCUT2D eigenvalue weighted by molar-refractivity contribution is -0.129. The number of aromatic amines is 1. The quantitative estimate of drug-likeness (QED) is 0.675. The molecule has 109 valence electrons. The summed E-state index contributed by atoms with van der Waals surface area (Å²) < 4.78 is 0. The molecule has 2 unspecified atom stereocenters. The summed E-state index contributed by atoms with van der Waals surface area (Å²) in [6, 6.07) is 8.34. The van der Waals surface area contributed by atoms with Crippen LogP contribution < -0.4 is 5.32 Å². The molecule has 0 aliphatic rings. The Morgan fingerprint density at radius 2 is 2.10 bits per heavy atom. The van der Waals surface area contributed by atoms with Gasteiger partial charge in [0.1, 0.15) is 12.1 Å². The normalized spacial score (nSPS) is 13.4. The van der Waals surface area contributed by atoms with Crippen LogP contribution in [0, 0.1) is 0 Å². The van der Waals surface area contributed by atoms with E-state index in [-0.39, 0.29) is 12.8 Å². The number of nitrogens with one attached hydrogen (secondary N) is 2. The number of aliphatic hydroxyl groups is 1.